The number of nitrogens with zero attached hydrogens (tertiary/aromatic N) is 1. The third kappa shape index (κ3) is 3.55. The largest absolute Gasteiger partial charge is 0.471 e. The molecule has 9 heteroatoms. The van der Waals surface area contributed by atoms with E-state index in [0.29, 0.717) is 47.2 Å². The number of hydrogen-bond donors (Lipinski definition) is 1. The summed E-state index contributed by atoms with van der Waals surface area (Å²) < 4.78 is 45.5. The standard InChI is InChI=1S/C19H15BrClF3N2O2/c20-10-3-5-12-16(8-10)28-15-6-4-11(21)9-14(15)26-7-1-2-13(17(12)26)25-18(27)19(22,23)24/h3-6,8-9,13,17H,1-2,7H2,(H,25,27)/t13-,17-/m0/s1. The Balaban J connectivity index is 1.83. The molecule has 0 spiro atoms. The van der Waals surface area contributed by atoms with Crippen molar-refractivity contribution in [3.8, 4) is 11.5 Å². The molecule has 0 aliphatic carbocycles. The number of ether oxygens (including phenoxy) is 1. The summed E-state index contributed by atoms with van der Waals surface area (Å²) in [5.41, 5.74) is 1.40. The summed E-state index contributed by atoms with van der Waals surface area (Å²) in [4.78, 5) is 13.6. The summed E-state index contributed by atoms with van der Waals surface area (Å²) >= 11 is 9.57. The summed E-state index contributed by atoms with van der Waals surface area (Å²) in [5, 5.41) is 2.68. The van der Waals surface area contributed by atoms with E-state index in [4.69, 9.17) is 16.3 Å². The van der Waals surface area contributed by atoms with E-state index in [1.807, 2.05) is 11.0 Å². The third-order valence-electron chi connectivity index (χ3n) is 4.95. The van der Waals surface area contributed by atoms with Crippen molar-refractivity contribution in [2.24, 2.45) is 0 Å². The van der Waals surface area contributed by atoms with Gasteiger partial charge in [-0.2, -0.15) is 13.2 Å². The van der Waals surface area contributed by atoms with Crippen LogP contribution in [0.4, 0.5) is 18.9 Å². The Labute approximate surface area is 172 Å². The van der Waals surface area contributed by atoms with Crippen LogP contribution in [-0.4, -0.2) is 24.7 Å². The summed E-state index contributed by atoms with van der Waals surface area (Å²) in [6.45, 7) is 0.606. The van der Waals surface area contributed by atoms with E-state index in [1.54, 1.807) is 30.3 Å². The average molecular weight is 476 g/mol. The fourth-order valence-electron chi connectivity index (χ4n) is 3.81. The van der Waals surface area contributed by atoms with Gasteiger partial charge >= 0.3 is 12.1 Å². The Bertz CT molecular complexity index is 938. The third-order valence-corrected chi connectivity index (χ3v) is 5.68. The van der Waals surface area contributed by atoms with Crippen LogP contribution in [0.15, 0.2) is 40.9 Å². The van der Waals surface area contributed by atoms with Crippen molar-refractivity contribution in [1.29, 1.82) is 0 Å². The van der Waals surface area contributed by atoms with Crippen molar-refractivity contribution >= 4 is 39.1 Å². The van der Waals surface area contributed by atoms with Crippen molar-refractivity contribution in [1.82, 2.24) is 5.32 Å². The Kier molecular flexibility index (Phi) is 4.95. The molecule has 2 aromatic carbocycles. The lowest BCUT2D eigenvalue weighted by Crippen LogP contribution is -2.52. The highest BCUT2D eigenvalue weighted by atomic mass is 79.9. The lowest BCUT2D eigenvalue weighted by Gasteiger charge is -2.42. The number of benzene rings is 2. The van der Waals surface area contributed by atoms with Crippen molar-refractivity contribution in [3.63, 3.8) is 0 Å². The molecule has 2 heterocycles. The monoisotopic (exact) mass is 474 g/mol. The van der Waals surface area contributed by atoms with Gasteiger partial charge in [-0.25, -0.2) is 0 Å². The van der Waals surface area contributed by atoms with Crippen LogP contribution in [0.3, 0.4) is 0 Å². The van der Waals surface area contributed by atoms with Crippen molar-refractivity contribution in [3.05, 3.63) is 51.5 Å². The summed E-state index contributed by atoms with van der Waals surface area (Å²) in [6.07, 6.45) is -3.89. The number of amides is 1. The molecule has 2 aliphatic heterocycles. The van der Waals surface area contributed by atoms with Crippen LogP contribution in [0.5, 0.6) is 11.5 Å². The van der Waals surface area contributed by atoms with Crippen LogP contribution in [0, 0.1) is 0 Å². The zero-order chi connectivity index (χ0) is 20.1. The SMILES string of the molecule is O=C(N[C@H]1CCCN2c3cc(Cl)ccc3Oc3cc(Br)ccc3[C@@H]12)C(F)(F)F. The fourth-order valence-corrected chi connectivity index (χ4v) is 4.32. The smallest absolute Gasteiger partial charge is 0.455 e. The number of piperidine rings is 1. The molecule has 0 unspecified atom stereocenters. The molecule has 0 aromatic heterocycles. The number of rotatable bonds is 1. The Morgan fingerprint density at radius 3 is 2.75 bits per heavy atom. The number of nitrogens with one attached hydrogen (secondary N) is 1. The number of fused-ring (bicyclic) bond motifs is 5. The van der Waals surface area contributed by atoms with Crippen molar-refractivity contribution < 1.29 is 22.7 Å². The lowest BCUT2D eigenvalue weighted by molar-refractivity contribution is -0.174. The number of halogens is 5. The zero-order valence-electron chi connectivity index (χ0n) is 14.4. The maximum atomic E-state index is 12.9. The predicted octanol–water partition coefficient (Wildman–Crippen LogP) is 5.60. The van der Waals surface area contributed by atoms with Gasteiger partial charge in [-0.15, -0.1) is 0 Å². The summed E-state index contributed by atoms with van der Waals surface area (Å²) in [6, 6.07) is 9.32. The van der Waals surface area contributed by atoms with Crippen molar-refractivity contribution in [2.45, 2.75) is 31.1 Å². The molecule has 1 N–H and O–H groups in total. The molecule has 2 aliphatic rings. The number of carbonyl (C=O) groups excluding carboxylic acids is 1. The second-order valence-corrected chi connectivity index (χ2v) is 8.11. The maximum absolute atomic E-state index is 12.9. The average Bonchev–Trinajstić information content (AvgIpc) is 2.75. The molecule has 28 heavy (non-hydrogen) atoms. The van der Waals surface area contributed by atoms with Gasteiger partial charge in [0.25, 0.3) is 0 Å². The second-order valence-electron chi connectivity index (χ2n) is 6.75. The van der Waals surface area contributed by atoms with Crippen LogP contribution < -0.4 is 15.0 Å². The van der Waals surface area contributed by atoms with Gasteiger partial charge in [0, 0.05) is 21.6 Å². The van der Waals surface area contributed by atoms with Crippen LogP contribution in [-0.2, 0) is 4.79 Å². The maximum Gasteiger partial charge on any atom is 0.471 e. The van der Waals surface area contributed by atoms with E-state index in [-0.39, 0.29) is 0 Å². The minimum Gasteiger partial charge on any atom is -0.455 e. The molecule has 2 atom stereocenters. The topological polar surface area (TPSA) is 41.6 Å². The van der Waals surface area contributed by atoms with E-state index in [9.17, 15) is 18.0 Å². The first-order valence-electron chi connectivity index (χ1n) is 8.65. The molecular weight excluding hydrogens is 461 g/mol. The first-order valence-corrected chi connectivity index (χ1v) is 9.82. The molecule has 0 saturated carbocycles. The van der Waals surface area contributed by atoms with E-state index >= 15 is 0 Å². The van der Waals surface area contributed by atoms with Gasteiger partial charge in [0.15, 0.2) is 5.75 Å². The molecule has 4 rings (SSSR count). The van der Waals surface area contributed by atoms with E-state index < -0.39 is 24.2 Å². The van der Waals surface area contributed by atoms with E-state index in [0.717, 1.165) is 4.47 Å². The molecule has 4 nitrogen and oxygen atoms in total. The molecule has 1 saturated heterocycles. The number of carbonyl (C=O) groups is 1. The van der Waals surface area contributed by atoms with E-state index in [2.05, 4.69) is 21.2 Å². The quantitative estimate of drug-likeness (QED) is 0.584. The van der Waals surface area contributed by atoms with Crippen LogP contribution in [0.25, 0.3) is 0 Å². The zero-order valence-corrected chi connectivity index (χ0v) is 16.7. The fraction of sp³-hybridized carbons (Fsp3) is 0.316. The molecule has 1 fully saturated rings. The highest BCUT2D eigenvalue weighted by molar-refractivity contribution is 9.10. The highest BCUT2D eigenvalue weighted by Crippen LogP contribution is 2.48. The molecule has 1 amide bonds. The summed E-state index contributed by atoms with van der Waals surface area (Å²) in [5.74, 6) is -0.845. The minimum atomic E-state index is -4.94. The van der Waals surface area contributed by atoms with E-state index in [1.165, 1.54) is 0 Å². The van der Waals surface area contributed by atoms with Gasteiger partial charge in [-0.05, 0) is 43.2 Å². The van der Waals surface area contributed by atoms with Gasteiger partial charge in [-0.1, -0.05) is 33.6 Å². The highest BCUT2D eigenvalue weighted by Gasteiger charge is 2.44. The summed E-state index contributed by atoms with van der Waals surface area (Å²) in [7, 11) is 0. The number of hydrogen-bond acceptors (Lipinski definition) is 3. The van der Waals surface area contributed by atoms with Gasteiger partial charge in [0.1, 0.15) is 5.75 Å². The molecule has 0 bridgehead atoms. The Morgan fingerprint density at radius 2 is 2.00 bits per heavy atom. The van der Waals surface area contributed by atoms with Gasteiger partial charge in [-0.3, -0.25) is 4.79 Å². The van der Waals surface area contributed by atoms with Crippen LogP contribution in [0.1, 0.15) is 24.4 Å². The lowest BCUT2D eigenvalue weighted by atomic mass is 9.89. The first kappa shape index (κ1) is 19.4. The molecular formula is C19H15BrClF3N2O2. The normalized spacial score (nSPS) is 21.0. The van der Waals surface area contributed by atoms with Gasteiger partial charge in [0.2, 0.25) is 0 Å². The number of alkyl halides is 3. The molecule has 2 aromatic rings. The molecule has 148 valence electrons. The van der Waals surface area contributed by atoms with Gasteiger partial charge in [0.05, 0.1) is 17.8 Å². The van der Waals surface area contributed by atoms with Crippen molar-refractivity contribution in [2.75, 3.05) is 11.4 Å². The Morgan fingerprint density at radius 1 is 1.21 bits per heavy atom. The second kappa shape index (κ2) is 7.15. The minimum absolute atomic E-state index is 0.425. The number of anilines is 1. The predicted molar refractivity (Wildman–Crippen MR) is 103 cm³/mol. The van der Waals surface area contributed by atoms with Crippen LogP contribution in [0.2, 0.25) is 5.02 Å². The first-order chi connectivity index (χ1) is 13.2. The van der Waals surface area contributed by atoms with Crippen LogP contribution >= 0.6 is 27.5 Å². The van der Waals surface area contributed by atoms with Gasteiger partial charge < -0.3 is 15.0 Å². The molecule has 0 radical (unpaired) electrons. The Hall–Kier alpha value is -1.93.